The molecule has 1 aromatic carbocycles. The first-order chi connectivity index (χ1) is 9.42. The summed E-state index contributed by atoms with van der Waals surface area (Å²) in [6, 6.07) is 4.64. The first-order valence-corrected chi connectivity index (χ1v) is 7.14. The molecule has 106 valence electrons. The van der Waals surface area contributed by atoms with Crippen molar-refractivity contribution >= 4 is 15.7 Å². The highest BCUT2D eigenvalue weighted by Gasteiger charge is 2.26. The van der Waals surface area contributed by atoms with Gasteiger partial charge in [0.1, 0.15) is 0 Å². The zero-order valence-corrected chi connectivity index (χ0v) is 11.3. The van der Waals surface area contributed by atoms with Crippen LogP contribution in [0.25, 0.3) is 0 Å². The predicted octanol–water partition coefficient (Wildman–Crippen LogP) is 1.36. The highest BCUT2D eigenvalue weighted by molar-refractivity contribution is 7.89. The van der Waals surface area contributed by atoms with Gasteiger partial charge in [-0.15, -0.1) is 0 Å². The van der Waals surface area contributed by atoms with Gasteiger partial charge in [-0.3, -0.25) is 15.2 Å². The van der Waals surface area contributed by atoms with Crippen LogP contribution in [-0.4, -0.2) is 23.5 Å². The molecule has 20 heavy (non-hydrogen) atoms. The van der Waals surface area contributed by atoms with Gasteiger partial charge in [0.2, 0.25) is 10.0 Å². The molecule has 2 rings (SSSR count). The minimum absolute atomic E-state index is 0.361. The van der Waals surface area contributed by atoms with E-state index in [1.807, 2.05) is 0 Å². The summed E-state index contributed by atoms with van der Waals surface area (Å²) in [5, 5.41) is 17.2. The van der Waals surface area contributed by atoms with E-state index < -0.39 is 26.7 Å². The topological polar surface area (TPSA) is 118 Å². The third-order valence-corrected chi connectivity index (χ3v) is 4.29. The van der Waals surface area contributed by atoms with E-state index in [1.165, 1.54) is 24.4 Å². The number of nitrogens with one attached hydrogen (secondary N) is 2. The molecule has 1 atom stereocenters. The number of benzene rings is 1. The quantitative estimate of drug-likeness (QED) is 0.638. The molecule has 0 aliphatic heterocycles. The number of hydrogen-bond donors (Lipinski definition) is 2. The second kappa shape index (κ2) is 5.39. The molecule has 0 bridgehead atoms. The van der Waals surface area contributed by atoms with Crippen LogP contribution in [0.4, 0.5) is 5.69 Å². The highest BCUT2D eigenvalue weighted by Crippen LogP contribution is 2.24. The largest absolute Gasteiger partial charge is 0.289 e. The highest BCUT2D eigenvalue weighted by atomic mass is 32.2. The van der Waals surface area contributed by atoms with Crippen LogP contribution in [0, 0.1) is 10.1 Å². The SMILES string of the molecule is CC(NS(=O)(=O)c1ccccc1[N+](=O)[O-])c1cn[nH]c1. The molecular weight excluding hydrogens is 284 g/mol. The molecule has 8 nitrogen and oxygen atoms in total. The average molecular weight is 296 g/mol. The lowest BCUT2D eigenvalue weighted by atomic mass is 10.2. The number of aromatic amines is 1. The van der Waals surface area contributed by atoms with Crippen molar-refractivity contribution in [2.24, 2.45) is 0 Å². The maximum absolute atomic E-state index is 12.2. The Morgan fingerprint density at radius 3 is 2.70 bits per heavy atom. The molecule has 1 unspecified atom stereocenters. The van der Waals surface area contributed by atoms with Crippen molar-refractivity contribution in [3.8, 4) is 0 Å². The number of nitro groups is 1. The summed E-state index contributed by atoms with van der Waals surface area (Å²) in [7, 11) is -3.99. The lowest BCUT2D eigenvalue weighted by molar-refractivity contribution is -0.387. The van der Waals surface area contributed by atoms with Gasteiger partial charge in [0, 0.05) is 23.9 Å². The molecule has 0 radical (unpaired) electrons. The molecule has 0 saturated carbocycles. The van der Waals surface area contributed by atoms with Crippen LogP contribution < -0.4 is 4.72 Å². The maximum Gasteiger partial charge on any atom is 0.289 e. The van der Waals surface area contributed by atoms with Crippen LogP contribution in [0.5, 0.6) is 0 Å². The standard InChI is InChI=1S/C11H12N4O4S/c1-8(9-6-12-13-7-9)14-20(18,19)11-5-3-2-4-10(11)15(16)17/h2-8,14H,1H3,(H,12,13). The van der Waals surface area contributed by atoms with E-state index in [1.54, 1.807) is 13.1 Å². The van der Waals surface area contributed by atoms with Crippen molar-refractivity contribution in [3.05, 3.63) is 52.3 Å². The van der Waals surface area contributed by atoms with E-state index >= 15 is 0 Å². The Morgan fingerprint density at radius 2 is 2.10 bits per heavy atom. The summed E-state index contributed by atoms with van der Waals surface area (Å²) < 4.78 is 26.8. The number of nitro benzene ring substituents is 1. The first kappa shape index (κ1) is 14.2. The molecule has 1 aromatic heterocycles. The first-order valence-electron chi connectivity index (χ1n) is 5.66. The van der Waals surface area contributed by atoms with E-state index in [0.29, 0.717) is 5.56 Å². The van der Waals surface area contributed by atoms with Crippen LogP contribution in [0.15, 0.2) is 41.6 Å². The van der Waals surface area contributed by atoms with Gasteiger partial charge in [-0.2, -0.15) is 5.10 Å². The van der Waals surface area contributed by atoms with Crippen LogP contribution in [0.3, 0.4) is 0 Å². The fraction of sp³-hybridized carbons (Fsp3) is 0.182. The van der Waals surface area contributed by atoms with Crippen LogP contribution in [0.2, 0.25) is 0 Å². The minimum Gasteiger partial charge on any atom is -0.285 e. The third-order valence-electron chi connectivity index (χ3n) is 2.70. The maximum atomic E-state index is 12.2. The van der Waals surface area contributed by atoms with E-state index in [0.717, 1.165) is 6.07 Å². The van der Waals surface area contributed by atoms with Gasteiger partial charge >= 0.3 is 0 Å². The fourth-order valence-electron chi connectivity index (χ4n) is 1.70. The summed E-state index contributed by atoms with van der Waals surface area (Å²) in [5.41, 5.74) is 0.173. The molecule has 1 heterocycles. The summed E-state index contributed by atoms with van der Waals surface area (Å²) in [6.07, 6.45) is 3.03. The van der Waals surface area contributed by atoms with Crippen molar-refractivity contribution in [1.29, 1.82) is 0 Å². The Morgan fingerprint density at radius 1 is 1.40 bits per heavy atom. The number of hydrogen-bond acceptors (Lipinski definition) is 5. The van der Waals surface area contributed by atoms with E-state index in [-0.39, 0.29) is 4.90 Å². The Hall–Kier alpha value is -2.26. The number of nitrogens with zero attached hydrogens (tertiary/aromatic N) is 2. The van der Waals surface area contributed by atoms with Gasteiger partial charge in [-0.05, 0) is 13.0 Å². The van der Waals surface area contributed by atoms with Crippen LogP contribution in [-0.2, 0) is 10.0 Å². The Kier molecular flexibility index (Phi) is 3.81. The molecule has 9 heteroatoms. The molecule has 0 saturated heterocycles. The van der Waals surface area contributed by atoms with Gasteiger partial charge < -0.3 is 0 Å². The summed E-state index contributed by atoms with van der Waals surface area (Å²) >= 11 is 0. The van der Waals surface area contributed by atoms with Crippen LogP contribution in [0.1, 0.15) is 18.5 Å². The molecule has 2 aromatic rings. The number of rotatable bonds is 5. The molecule has 0 aliphatic rings. The van der Waals surface area contributed by atoms with Crippen molar-refractivity contribution in [3.63, 3.8) is 0 Å². The van der Waals surface area contributed by atoms with E-state index in [9.17, 15) is 18.5 Å². The minimum atomic E-state index is -3.99. The second-order valence-electron chi connectivity index (χ2n) is 4.10. The summed E-state index contributed by atoms with van der Waals surface area (Å²) in [4.78, 5) is 9.80. The predicted molar refractivity (Wildman–Crippen MR) is 70.4 cm³/mol. The zero-order chi connectivity index (χ0) is 14.8. The normalized spacial score (nSPS) is 13.1. The van der Waals surface area contributed by atoms with Crippen molar-refractivity contribution < 1.29 is 13.3 Å². The number of H-pyrrole nitrogens is 1. The third kappa shape index (κ3) is 2.83. The molecular formula is C11H12N4O4S. The van der Waals surface area contributed by atoms with Gasteiger partial charge in [-0.1, -0.05) is 12.1 Å². The summed E-state index contributed by atoms with van der Waals surface area (Å²) in [6.45, 7) is 1.62. The monoisotopic (exact) mass is 296 g/mol. The second-order valence-corrected chi connectivity index (χ2v) is 5.78. The lowest BCUT2D eigenvalue weighted by Gasteiger charge is -2.12. The fourth-order valence-corrected chi connectivity index (χ4v) is 3.10. The molecule has 0 spiro atoms. The Bertz CT molecular complexity index is 712. The molecule has 0 fully saturated rings. The van der Waals surface area contributed by atoms with Gasteiger partial charge in [0.15, 0.2) is 4.90 Å². The molecule has 2 N–H and O–H groups in total. The van der Waals surface area contributed by atoms with Gasteiger partial charge in [0.05, 0.1) is 11.1 Å². The Balaban J connectivity index is 2.34. The molecule has 0 amide bonds. The average Bonchev–Trinajstić information content (AvgIpc) is 2.92. The number of aromatic nitrogens is 2. The van der Waals surface area contributed by atoms with Gasteiger partial charge in [0.25, 0.3) is 5.69 Å². The van der Waals surface area contributed by atoms with E-state index in [2.05, 4.69) is 14.9 Å². The van der Waals surface area contributed by atoms with Crippen LogP contribution >= 0.6 is 0 Å². The van der Waals surface area contributed by atoms with Gasteiger partial charge in [-0.25, -0.2) is 13.1 Å². The zero-order valence-electron chi connectivity index (χ0n) is 10.5. The lowest BCUT2D eigenvalue weighted by Crippen LogP contribution is -2.27. The smallest absolute Gasteiger partial charge is 0.285 e. The molecule has 0 aliphatic carbocycles. The Labute approximate surface area is 115 Å². The van der Waals surface area contributed by atoms with Crippen molar-refractivity contribution in [1.82, 2.24) is 14.9 Å². The van der Waals surface area contributed by atoms with Crippen molar-refractivity contribution in [2.75, 3.05) is 0 Å². The number of para-hydroxylation sites is 1. The number of sulfonamides is 1. The van der Waals surface area contributed by atoms with Crippen molar-refractivity contribution in [2.45, 2.75) is 17.9 Å². The van der Waals surface area contributed by atoms with E-state index in [4.69, 9.17) is 0 Å². The summed E-state index contributed by atoms with van der Waals surface area (Å²) in [5.74, 6) is 0.